The van der Waals surface area contributed by atoms with Crippen LogP contribution in [0.3, 0.4) is 0 Å². The van der Waals surface area contributed by atoms with E-state index < -0.39 is 11.9 Å². The van der Waals surface area contributed by atoms with Crippen molar-refractivity contribution < 1.29 is 24.5 Å². The third-order valence-corrected chi connectivity index (χ3v) is 9.24. The molecule has 2 aliphatic rings. The van der Waals surface area contributed by atoms with Gasteiger partial charge in [-0.2, -0.15) is 0 Å². The molecule has 0 aliphatic carbocycles. The number of aliphatic hydroxyl groups excluding tert-OH is 1. The van der Waals surface area contributed by atoms with Crippen LogP contribution >= 0.6 is 11.6 Å². The molecule has 2 fully saturated rings. The quantitative estimate of drug-likeness (QED) is 0.212. The number of rotatable bonds is 8. The van der Waals surface area contributed by atoms with Gasteiger partial charge in [0.1, 0.15) is 0 Å². The van der Waals surface area contributed by atoms with Gasteiger partial charge in [-0.3, -0.25) is 9.78 Å². The van der Waals surface area contributed by atoms with Gasteiger partial charge in [-0.15, -0.1) is 0 Å². The highest BCUT2D eigenvalue weighted by Gasteiger charge is 2.41. The number of aliphatic hydroxyl groups is 2. The van der Waals surface area contributed by atoms with Crippen molar-refractivity contribution in [3.8, 4) is 0 Å². The van der Waals surface area contributed by atoms with Gasteiger partial charge in [0.05, 0.1) is 30.0 Å². The predicted octanol–water partition coefficient (Wildman–Crippen LogP) is 6.25. The molecule has 0 radical (unpaired) electrons. The maximum atomic E-state index is 12.6. The number of pyridine rings is 1. The third kappa shape index (κ3) is 7.28. The summed E-state index contributed by atoms with van der Waals surface area (Å²) in [7, 11) is 0. The molecule has 2 aliphatic heterocycles. The van der Waals surface area contributed by atoms with Crippen LogP contribution in [0, 0.1) is 5.92 Å². The fraction of sp³-hybridized carbons (Fsp3) is 0.333. The zero-order valence-electron chi connectivity index (χ0n) is 25.2. The van der Waals surface area contributed by atoms with E-state index in [1.165, 1.54) is 6.20 Å². The van der Waals surface area contributed by atoms with E-state index in [1.54, 1.807) is 18.3 Å². The Balaban J connectivity index is 1.17. The van der Waals surface area contributed by atoms with Crippen LogP contribution < -0.4 is 5.32 Å². The van der Waals surface area contributed by atoms with E-state index in [4.69, 9.17) is 21.1 Å². The topological polar surface area (TPSA) is 104 Å². The summed E-state index contributed by atoms with van der Waals surface area (Å²) in [5.74, 6) is -0.192. The van der Waals surface area contributed by atoms with E-state index in [2.05, 4.69) is 22.1 Å². The second kappa shape index (κ2) is 13.8. The number of aromatic nitrogens is 1. The maximum Gasteiger partial charge on any atom is 0.257 e. The molecule has 2 saturated heterocycles. The first-order chi connectivity index (χ1) is 21.8. The van der Waals surface area contributed by atoms with Crippen molar-refractivity contribution in [2.75, 3.05) is 25.0 Å². The summed E-state index contributed by atoms with van der Waals surface area (Å²) in [5.41, 5.74) is 3.87. The molecule has 0 spiro atoms. The van der Waals surface area contributed by atoms with Crippen LogP contribution in [-0.2, 0) is 21.7 Å². The Morgan fingerprint density at radius 1 is 0.978 bits per heavy atom. The highest BCUT2D eigenvalue weighted by molar-refractivity contribution is 6.30. The molecule has 0 saturated carbocycles. The molecular weight excluding hydrogens is 590 g/mol. The number of nitrogens with one attached hydrogen (secondary N) is 1. The zero-order valence-corrected chi connectivity index (χ0v) is 25.9. The molecule has 3 heterocycles. The second-order valence-corrected chi connectivity index (χ2v) is 12.4. The number of carbonyl (C=O) groups is 1. The normalized spacial score (nSPS) is 23.4. The van der Waals surface area contributed by atoms with E-state index in [1.807, 2.05) is 72.8 Å². The number of benzene rings is 3. The Bertz CT molecular complexity index is 1560. The van der Waals surface area contributed by atoms with Crippen molar-refractivity contribution in [2.45, 2.75) is 50.5 Å². The van der Waals surface area contributed by atoms with Gasteiger partial charge in [0.15, 0.2) is 6.29 Å². The number of halogens is 1. The lowest BCUT2D eigenvalue weighted by molar-refractivity contribution is -0.277. The number of hydrogen-bond acceptors (Lipinski definition) is 7. The van der Waals surface area contributed by atoms with Gasteiger partial charge in [0.2, 0.25) is 0 Å². The number of likely N-dealkylation sites (tertiary alicyclic amines) is 1. The first-order valence-corrected chi connectivity index (χ1v) is 15.7. The van der Waals surface area contributed by atoms with Crippen molar-refractivity contribution in [3.63, 3.8) is 0 Å². The summed E-state index contributed by atoms with van der Waals surface area (Å²) in [6, 6.07) is 26.3. The average Bonchev–Trinajstić information content (AvgIpc) is 3.08. The lowest BCUT2D eigenvalue weighted by atomic mass is 9.84. The Hall–Kier alpha value is -3.63. The molecule has 4 aromatic rings. The molecule has 1 amide bonds. The number of anilines is 1. The lowest BCUT2D eigenvalue weighted by Gasteiger charge is -2.45. The maximum absolute atomic E-state index is 12.6. The van der Waals surface area contributed by atoms with Crippen molar-refractivity contribution in [1.82, 2.24) is 9.88 Å². The van der Waals surface area contributed by atoms with Crippen LogP contribution in [0.15, 0.2) is 97.3 Å². The minimum absolute atomic E-state index is 0.0171. The molecular formula is C36H38ClN3O5. The van der Waals surface area contributed by atoms with Gasteiger partial charge in [-0.05, 0) is 65.9 Å². The van der Waals surface area contributed by atoms with Crippen LogP contribution in [0.2, 0.25) is 5.02 Å². The minimum atomic E-state index is -0.878. The molecule has 8 nitrogen and oxygen atoms in total. The Kier molecular flexibility index (Phi) is 9.61. The summed E-state index contributed by atoms with van der Waals surface area (Å²) in [6.45, 7) is 4.30. The second-order valence-electron chi connectivity index (χ2n) is 12.0. The zero-order chi connectivity index (χ0) is 31.4. The smallest absolute Gasteiger partial charge is 0.257 e. The molecule has 4 atom stereocenters. The average molecular weight is 628 g/mol. The van der Waals surface area contributed by atoms with Crippen molar-refractivity contribution in [2.24, 2.45) is 5.92 Å². The van der Waals surface area contributed by atoms with Crippen molar-refractivity contribution in [1.29, 1.82) is 0 Å². The summed E-state index contributed by atoms with van der Waals surface area (Å²) in [5, 5.41) is 24.5. The highest BCUT2D eigenvalue weighted by atomic mass is 35.5. The SMILES string of the molecule is C[C@@H]1[C@H](CN2CCC(O)(c3ccc(Cl)cc3)CC2)O[C@H](c2ccc(NC(=O)c3cccnc3)cc2)O[C@@H]1c1ccc(CO)cc1. The van der Waals surface area contributed by atoms with Gasteiger partial charge < -0.3 is 29.9 Å². The Morgan fingerprint density at radius 2 is 1.67 bits per heavy atom. The van der Waals surface area contributed by atoms with Crippen molar-refractivity contribution >= 4 is 23.2 Å². The molecule has 3 aromatic carbocycles. The summed E-state index contributed by atoms with van der Waals surface area (Å²) >= 11 is 6.08. The monoisotopic (exact) mass is 627 g/mol. The van der Waals surface area contributed by atoms with Gasteiger partial charge in [0, 0.05) is 54.2 Å². The summed E-state index contributed by atoms with van der Waals surface area (Å²) < 4.78 is 13.3. The lowest BCUT2D eigenvalue weighted by Crippen LogP contribution is -2.49. The number of piperidine rings is 1. The summed E-state index contributed by atoms with van der Waals surface area (Å²) in [6.07, 6.45) is 3.41. The first-order valence-electron chi connectivity index (χ1n) is 15.3. The molecule has 6 rings (SSSR count). The predicted molar refractivity (Wildman–Crippen MR) is 173 cm³/mol. The van der Waals surface area contributed by atoms with Crippen LogP contribution in [0.4, 0.5) is 5.69 Å². The van der Waals surface area contributed by atoms with E-state index in [-0.39, 0.29) is 30.6 Å². The van der Waals surface area contributed by atoms with Crippen molar-refractivity contribution in [3.05, 3.63) is 130 Å². The third-order valence-electron chi connectivity index (χ3n) is 8.99. The van der Waals surface area contributed by atoms with Gasteiger partial charge >= 0.3 is 0 Å². The first kappa shape index (κ1) is 31.4. The molecule has 0 bridgehead atoms. The highest BCUT2D eigenvalue weighted by Crippen LogP contribution is 2.43. The fourth-order valence-electron chi connectivity index (χ4n) is 6.16. The Labute approximate surface area is 268 Å². The number of ether oxygens (including phenoxy) is 2. The molecule has 0 unspecified atom stereocenters. The van der Waals surface area contributed by atoms with Gasteiger partial charge in [-0.25, -0.2) is 0 Å². The molecule has 1 aromatic heterocycles. The van der Waals surface area contributed by atoms with Crippen LogP contribution in [0.25, 0.3) is 0 Å². The van der Waals surface area contributed by atoms with E-state index in [9.17, 15) is 15.0 Å². The molecule has 9 heteroatoms. The number of amides is 1. The minimum Gasteiger partial charge on any atom is -0.392 e. The van der Waals surface area contributed by atoms with E-state index in [0.29, 0.717) is 35.7 Å². The van der Waals surface area contributed by atoms with Crippen LogP contribution in [0.1, 0.15) is 64.8 Å². The number of nitrogens with zero attached hydrogens (tertiary/aromatic N) is 2. The molecule has 45 heavy (non-hydrogen) atoms. The largest absolute Gasteiger partial charge is 0.392 e. The molecule has 3 N–H and O–H groups in total. The van der Waals surface area contributed by atoms with E-state index in [0.717, 1.165) is 35.3 Å². The standard InChI is InChI=1S/C36H38ClN3O5/c1-24-32(22-40-19-16-36(43,17-20-40)29-10-12-30(37)13-11-29)44-35(45-33(24)26-6-4-25(23-41)5-7-26)27-8-14-31(15-9-27)39-34(42)28-3-2-18-38-21-28/h2-15,18,21,24,32-33,35,41,43H,16-17,19-20,22-23H2,1H3,(H,39,42)/t24-,32+,33+,35+/m1/s1. The van der Waals surface area contributed by atoms with Gasteiger partial charge in [0.25, 0.3) is 5.91 Å². The fourth-order valence-corrected chi connectivity index (χ4v) is 6.29. The van der Waals surface area contributed by atoms with Crippen LogP contribution in [0.5, 0.6) is 0 Å². The summed E-state index contributed by atoms with van der Waals surface area (Å²) in [4.78, 5) is 19.0. The number of hydrogen-bond donors (Lipinski definition) is 3. The number of carbonyl (C=O) groups excluding carboxylic acids is 1. The molecule has 234 valence electrons. The van der Waals surface area contributed by atoms with Crippen LogP contribution in [-0.4, -0.2) is 51.7 Å². The van der Waals surface area contributed by atoms with Gasteiger partial charge in [-0.1, -0.05) is 67.1 Å². The Morgan fingerprint density at radius 3 is 2.31 bits per heavy atom. The van der Waals surface area contributed by atoms with E-state index >= 15 is 0 Å².